The zero-order valence-corrected chi connectivity index (χ0v) is 23.9. The van der Waals surface area contributed by atoms with Crippen LogP contribution in [0, 0.1) is 0 Å². The summed E-state index contributed by atoms with van der Waals surface area (Å²) in [5.41, 5.74) is 4.19. The summed E-state index contributed by atoms with van der Waals surface area (Å²) in [6, 6.07) is 16.1. The van der Waals surface area contributed by atoms with Gasteiger partial charge in [-0.3, -0.25) is 14.6 Å². The number of aromatic nitrogens is 1. The van der Waals surface area contributed by atoms with Crippen LogP contribution in [0.4, 0.5) is 16.2 Å². The lowest BCUT2D eigenvalue weighted by Crippen LogP contribution is -2.62. The molecule has 6 rings (SSSR count). The number of nitrogens with zero attached hydrogens (tertiary/aromatic N) is 3. The molecule has 0 spiro atoms. The molecule has 2 fully saturated rings. The average molecular weight is 544 g/mol. The summed E-state index contributed by atoms with van der Waals surface area (Å²) in [6.07, 6.45) is 4.94. The van der Waals surface area contributed by atoms with Gasteiger partial charge in [-0.1, -0.05) is 24.3 Å². The molecule has 3 atom stereocenters. The second kappa shape index (κ2) is 10.8. The lowest BCUT2D eigenvalue weighted by atomic mass is 9.87. The molecule has 212 valence electrons. The van der Waals surface area contributed by atoms with Gasteiger partial charge in [-0.2, -0.15) is 0 Å². The van der Waals surface area contributed by atoms with E-state index in [9.17, 15) is 9.59 Å². The highest BCUT2D eigenvalue weighted by atomic mass is 16.6. The van der Waals surface area contributed by atoms with Gasteiger partial charge >= 0.3 is 6.09 Å². The van der Waals surface area contributed by atoms with Crippen molar-refractivity contribution in [1.29, 1.82) is 0 Å². The van der Waals surface area contributed by atoms with Gasteiger partial charge in [0.25, 0.3) is 0 Å². The lowest BCUT2D eigenvalue weighted by Gasteiger charge is -2.45. The molecule has 0 radical (unpaired) electrons. The van der Waals surface area contributed by atoms with E-state index in [-0.39, 0.29) is 24.0 Å². The van der Waals surface area contributed by atoms with Gasteiger partial charge in [0.05, 0.1) is 12.1 Å². The number of piperazine rings is 1. The standard InChI is InChI=1S/C32H41N5O3/c1-32(2,3)40-31(39)37-17-7-12-28(37)30(38)29(26-14-13-22-8-4-5-9-24(22)34-26)36-20-18-35(19-21-36)27-11-6-10-25-23(27)15-16-33-25/h4-6,8-11,15-16,26,28-29,33-34H,7,12-14,17-21H2,1-3H3/t26?,28-,29?/m1/s1. The van der Waals surface area contributed by atoms with Crippen LogP contribution in [-0.4, -0.2) is 83.1 Å². The number of nitrogens with one attached hydrogen (secondary N) is 2. The van der Waals surface area contributed by atoms with Crippen LogP contribution in [0.2, 0.25) is 0 Å². The third-order valence-electron chi connectivity index (χ3n) is 8.59. The van der Waals surface area contributed by atoms with E-state index in [4.69, 9.17) is 4.74 Å². The predicted molar refractivity (Wildman–Crippen MR) is 159 cm³/mol. The molecule has 2 saturated heterocycles. The van der Waals surface area contributed by atoms with Crippen molar-refractivity contribution in [3.63, 3.8) is 0 Å². The molecule has 0 saturated carbocycles. The van der Waals surface area contributed by atoms with Gasteiger partial charge in [-0.25, -0.2) is 4.79 Å². The fourth-order valence-corrected chi connectivity index (χ4v) is 6.72. The molecule has 1 amide bonds. The topological polar surface area (TPSA) is 80.9 Å². The summed E-state index contributed by atoms with van der Waals surface area (Å²) >= 11 is 0. The van der Waals surface area contributed by atoms with Crippen LogP contribution in [0.15, 0.2) is 54.7 Å². The molecule has 8 nitrogen and oxygen atoms in total. The molecular weight excluding hydrogens is 502 g/mol. The Morgan fingerprint density at radius 1 is 0.950 bits per heavy atom. The molecule has 3 aliphatic heterocycles. The number of carbonyl (C=O) groups is 2. The maximum atomic E-state index is 14.5. The van der Waals surface area contributed by atoms with Gasteiger partial charge < -0.3 is 19.9 Å². The monoisotopic (exact) mass is 543 g/mol. The summed E-state index contributed by atoms with van der Waals surface area (Å²) in [6.45, 7) is 9.45. The number of hydrogen-bond donors (Lipinski definition) is 2. The number of ether oxygens (including phenoxy) is 1. The van der Waals surface area contributed by atoms with E-state index in [0.29, 0.717) is 13.0 Å². The van der Waals surface area contributed by atoms with Crippen LogP contribution in [0.1, 0.15) is 45.6 Å². The van der Waals surface area contributed by atoms with Crippen molar-refractivity contribution in [3.05, 3.63) is 60.3 Å². The number of para-hydroxylation sites is 1. The first-order valence-corrected chi connectivity index (χ1v) is 14.7. The summed E-state index contributed by atoms with van der Waals surface area (Å²) in [5, 5.41) is 4.96. The highest BCUT2D eigenvalue weighted by Crippen LogP contribution is 2.32. The third-order valence-corrected chi connectivity index (χ3v) is 8.59. The minimum absolute atomic E-state index is 0.0110. The quantitative estimate of drug-likeness (QED) is 0.469. The molecule has 2 N–H and O–H groups in total. The van der Waals surface area contributed by atoms with Crippen LogP contribution in [0.3, 0.4) is 0 Å². The van der Waals surface area contributed by atoms with E-state index >= 15 is 0 Å². The molecule has 40 heavy (non-hydrogen) atoms. The fourth-order valence-electron chi connectivity index (χ4n) is 6.72. The molecule has 3 aliphatic rings. The van der Waals surface area contributed by atoms with Crippen molar-refractivity contribution in [2.75, 3.05) is 42.9 Å². The molecule has 0 bridgehead atoms. The maximum Gasteiger partial charge on any atom is 0.410 e. The Kier molecular flexibility index (Phi) is 7.21. The zero-order chi connectivity index (χ0) is 27.9. The summed E-state index contributed by atoms with van der Waals surface area (Å²) in [4.78, 5) is 37.4. The minimum atomic E-state index is -0.597. The molecule has 2 unspecified atom stereocenters. The van der Waals surface area contributed by atoms with Gasteiger partial charge in [0.15, 0.2) is 5.78 Å². The van der Waals surface area contributed by atoms with E-state index in [1.54, 1.807) is 4.90 Å². The van der Waals surface area contributed by atoms with Crippen LogP contribution >= 0.6 is 0 Å². The number of likely N-dealkylation sites (tertiary alicyclic amines) is 1. The first-order valence-electron chi connectivity index (χ1n) is 14.7. The van der Waals surface area contributed by atoms with Crippen LogP contribution in [-0.2, 0) is 16.0 Å². The van der Waals surface area contributed by atoms with Crippen LogP contribution < -0.4 is 10.2 Å². The van der Waals surface area contributed by atoms with Crippen LogP contribution in [0.25, 0.3) is 10.9 Å². The average Bonchev–Trinajstić information content (AvgIpc) is 3.63. The van der Waals surface area contributed by atoms with Crippen molar-refractivity contribution >= 4 is 34.2 Å². The van der Waals surface area contributed by atoms with Crippen molar-refractivity contribution in [2.45, 2.75) is 70.2 Å². The van der Waals surface area contributed by atoms with Crippen molar-refractivity contribution < 1.29 is 14.3 Å². The first-order chi connectivity index (χ1) is 19.3. The Bertz CT molecular complexity index is 1370. The Morgan fingerprint density at radius 3 is 2.55 bits per heavy atom. The lowest BCUT2D eigenvalue weighted by molar-refractivity contribution is -0.129. The van der Waals surface area contributed by atoms with Gasteiger partial charge in [0.2, 0.25) is 0 Å². The van der Waals surface area contributed by atoms with E-state index in [1.807, 2.05) is 33.0 Å². The molecule has 3 aromatic rings. The van der Waals surface area contributed by atoms with E-state index in [1.165, 1.54) is 16.6 Å². The second-order valence-electron chi connectivity index (χ2n) is 12.4. The summed E-state index contributed by atoms with van der Waals surface area (Å²) < 4.78 is 5.71. The predicted octanol–water partition coefficient (Wildman–Crippen LogP) is 5.05. The number of hydrogen-bond acceptors (Lipinski definition) is 6. The van der Waals surface area contributed by atoms with Gasteiger partial charge in [-0.05, 0) is 76.3 Å². The number of amides is 1. The maximum absolute atomic E-state index is 14.5. The molecular formula is C32H41N5O3. The molecule has 0 aliphatic carbocycles. The normalized spacial score (nSPS) is 22.6. The summed E-state index contributed by atoms with van der Waals surface area (Å²) in [5.74, 6) is 0.140. The highest BCUT2D eigenvalue weighted by Gasteiger charge is 2.45. The number of aromatic amines is 1. The number of ketones is 1. The number of Topliss-reactive ketones (excluding diaryl/α,β-unsaturated/α-hetero) is 1. The Labute approximate surface area is 236 Å². The van der Waals surface area contributed by atoms with Gasteiger partial charge in [0.1, 0.15) is 5.60 Å². The van der Waals surface area contributed by atoms with E-state index < -0.39 is 11.6 Å². The van der Waals surface area contributed by atoms with Crippen LogP contribution in [0.5, 0.6) is 0 Å². The molecule has 8 heteroatoms. The van der Waals surface area contributed by atoms with E-state index in [0.717, 1.165) is 56.6 Å². The largest absolute Gasteiger partial charge is 0.444 e. The Balaban J connectivity index is 1.24. The number of fused-ring (bicyclic) bond motifs is 2. The number of rotatable bonds is 5. The number of H-pyrrole nitrogens is 1. The Morgan fingerprint density at radius 2 is 1.75 bits per heavy atom. The highest BCUT2D eigenvalue weighted by molar-refractivity contribution is 5.94. The van der Waals surface area contributed by atoms with Gasteiger partial charge in [-0.15, -0.1) is 0 Å². The summed E-state index contributed by atoms with van der Waals surface area (Å²) in [7, 11) is 0. The zero-order valence-electron chi connectivity index (χ0n) is 23.9. The minimum Gasteiger partial charge on any atom is -0.444 e. The third kappa shape index (κ3) is 5.29. The van der Waals surface area contributed by atoms with E-state index in [2.05, 4.69) is 62.6 Å². The smallest absolute Gasteiger partial charge is 0.410 e. The number of aryl methyl sites for hydroxylation is 1. The van der Waals surface area contributed by atoms with Crippen molar-refractivity contribution in [3.8, 4) is 0 Å². The van der Waals surface area contributed by atoms with Crippen molar-refractivity contribution in [1.82, 2.24) is 14.8 Å². The van der Waals surface area contributed by atoms with Crippen molar-refractivity contribution in [2.24, 2.45) is 0 Å². The molecule has 4 heterocycles. The SMILES string of the molecule is CC(C)(C)OC(=O)N1CCC[C@@H]1C(=O)C(C1CCc2ccccc2N1)N1CCN(c2cccc3[nH]ccc23)CC1. The Hall–Kier alpha value is -3.52. The number of carbonyl (C=O) groups excluding carboxylic acids is 2. The number of anilines is 2. The first kappa shape index (κ1) is 26.7. The number of benzene rings is 2. The second-order valence-corrected chi connectivity index (χ2v) is 12.4. The molecule has 1 aromatic heterocycles. The van der Waals surface area contributed by atoms with Gasteiger partial charge in [0, 0.05) is 67.2 Å². The molecule has 2 aromatic carbocycles. The fraction of sp³-hybridized carbons (Fsp3) is 0.500.